The molecule has 0 saturated heterocycles. The van der Waals surface area contributed by atoms with E-state index in [0.717, 1.165) is 13.2 Å². The summed E-state index contributed by atoms with van der Waals surface area (Å²) in [5.74, 6) is 5.45. The zero-order valence-corrected chi connectivity index (χ0v) is 40.1. The average Bonchev–Trinajstić information content (AvgIpc) is 3.33. The van der Waals surface area contributed by atoms with Crippen molar-refractivity contribution in [1.29, 1.82) is 0 Å². The Bertz CT molecular complexity index is 1880. The maximum atomic E-state index is 8.25. The number of nitrogens with zero attached hydrogens (tertiary/aromatic N) is 14. The monoisotopic (exact) mass is 1030 g/mol. The summed E-state index contributed by atoms with van der Waals surface area (Å²) in [5.41, 5.74) is 0. The first-order valence-electron chi connectivity index (χ1n) is 19.0. The first kappa shape index (κ1) is 62.4. The van der Waals surface area contributed by atoms with Gasteiger partial charge in [-0.25, -0.2) is 0 Å². The molecule has 0 radical (unpaired) electrons. The van der Waals surface area contributed by atoms with Crippen molar-refractivity contribution in [1.82, 2.24) is 39.9 Å². The van der Waals surface area contributed by atoms with Crippen molar-refractivity contribution in [2.24, 2.45) is 0 Å². The number of aromatic nitrogens is 8. The van der Waals surface area contributed by atoms with Gasteiger partial charge in [0, 0.05) is 59.8 Å². The Balaban J connectivity index is 0. The van der Waals surface area contributed by atoms with Crippen molar-refractivity contribution < 1.29 is 67.0 Å². The molecule has 68 heavy (non-hydrogen) atoms. The number of rotatable bonds is 10. The molecule has 8 aromatic heterocycles. The van der Waals surface area contributed by atoms with E-state index in [1.54, 1.807) is 49.6 Å². The van der Waals surface area contributed by atoms with E-state index in [9.17, 15) is 0 Å². The topological polar surface area (TPSA) is 301 Å². The fourth-order valence-electron chi connectivity index (χ4n) is 4.03. The zero-order valence-electron chi connectivity index (χ0n) is 36.2. The van der Waals surface area contributed by atoms with E-state index in [0.29, 0.717) is 46.5 Å². The molecule has 24 heteroatoms. The maximum Gasteiger partial charge on any atom is 2.00 e. The van der Waals surface area contributed by atoms with Gasteiger partial charge in [0.05, 0.1) is 10.2 Å². The van der Waals surface area contributed by atoms with Gasteiger partial charge in [-0.2, -0.15) is 0 Å². The van der Waals surface area contributed by atoms with Gasteiger partial charge in [-0.05, 0) is 112 Å². The normalized spacial score (nSPS) is 8.62. The van der Waals surface area contributed by atoms with Crippen LogP contribution in [0.4, 0.5) is 46.5 Å². The predicted molar refractivity (Wildman–Crippen MR) is 248 cm³/mol. The smallest absolute Gasteiger partial charge is 0.382 e. The van der Waals surface area contributed by atoms with Crippen molar-refractivity contribution in [3.05, 3.63) is 247 Å². The molecule has 0 fully saturated rings. The van der Waals surface area contributed by atoms with Crippen LogP contribution >= 0.6 is 0 Å². The van der Waals surface area contributed by atoms with Gasteiger partial charge >= 0.3 is 52.1 Å². The molecular weight excluding hydrogens is 993 g/mol. The van der Waals surface area contributed by atoms with Gasteiger partial charge in [-0.3, -0.25) is 0 Å². The summed E-state index contributed by atoms with van der Waals surface area (Å²) >= 11 is 0. The van der Waals surface area contributed by atoms with E-state index in [1.165, 1.54) is 0 Å². The van der Waals surface area contributed by atoms with E-state index in [2.05, 4.69) is 61.1 Å². The fraction of sp³-hybridized carbons (Fsp3) is 0.0909. The Morgan fingerprint density at radius 2 is 0.471 bits per heavy atom. The molecule has 0 aliphatic rings. The molecule has 0 spiro atoms. The Kier molecular flexibility index (Phi) is 38.6. The summed E-state index contributed by atoms with van der Waals surface area (Å²) in [4.78, 5) is 49.0. The third kappa shape index (κ3) is 34.7. The standard InChI is InChI=1S/4C10H8N3.C4H10O.3Cr.2NO3/c4*1-3-7-11-9(5-1)13-10-6-2-4-8-12-10;1-3-5-4-2;;;;2*2-1(3)4/h4*1-8H;3-4H2,1-2H3;;;;;/q4*-1;;3*+2;2*-1. The van der Waals surface area contributed by atoms with Crippen molar-refractivity contribution in [2.75, 3.05) is 13.2 Å². The Hall–Kier alpha value is -7.64. The molecule has 0 saturated carbocycles. The molecular formula is C44H42Cr3N14O7. The first-order valence-corrected chi connectivity index (χ1v) is 19.0. The maximum absolute atomic E-state index is 8.25. The second-order valence-electron chi connectivity index (χ2n) is 11.2. The SMILES string of the molecule is CCOCC.O=[N+]([O-])[O-].O=[N+]([O-])[O-].[Cr+2].[Cr+2].[Cr+2].c1ccc([N-]c2ccccn2)nc1.c1ccc([N-]c2ccccn2)nc1.c1ccc([N-]c2ccccn2)nc1.c1ccc([N-]c2ccccn2)nc1. The molecule has 0 atom stereocenters. The van der Waals surface area contributed by atoms with Crippen molar-refractivity contribution in [2.45, 2.75) is 13.8 Å². The molecule has 0 aliphatic heterocycles. The third-order valence-electron chi connectivity index (χ3n) is 6.52. The van der Waals surface area contributed by atoms with E-state index in [-0.39, 0.29) is 52.1 Å². The largest absolute Gasteiger partial charge is 2.00 e. The number of pyridine rings is 8. The van der Waals surface area contributed by atoms with Crippen LogP contribution in [0.1, 0.15) is 13.8 Å². The Morgan fingerprint density at radius 3 is 0.544 bits per heavy atom. The minimum atomic E-state index is -1.75. The minimum Gasteiger partial charge on any atom is -0.382 e. The van der Waals surface area contributed by atoms with Gasteiger partial charge in [-0.15, -0.1) is 0 Å². The minimum absolute atomic E-state index is 0. The van der Waals surface area contributed by atoms with Gasteiger partial charge < -0.3 is 96.5 Å². The molecule has 8 rings (SSSR count). The molecule has 0 N–H and O–H groups in total. The summed E-state index contributed by atoms with van der Waals surface area (Å²) < 4.78 is 4.83. The molecule has 0 aromatic carbocycles. The number of hydrogen-bond acceptors (Lipinski definition) is 15. The van der Waals surface area contributed by atoms with Gasteiger partial charge in [0.15, 0.2) is 0 Å². The Labute approximate surface area is 425 Å². The summed E-state index contributed by atoms with van der Waals surface area (Å²) in [6.45, 7) is 5.67. The average molecular weight is 1030 g/mol. The second-order valence-corrected chi connectivity index (χ2v) is 11.2. The molecule has 8 aromatic rings. The fourth-order valence-corrected chi connectivity index (χ4v) is 4.03. The van der Waals surface area contributed by atoms with E-state index in [4.69, 9.17) is 35.4 Å². The van der Waals surface area contributed by atoms with Crippen molar-refractivity contribution in [3.8, 4) is 0 Å². The van der Waals surface area contributed by atoms with Gasteiger partial charge in [0.2, 0.25) is 0 Å². The second kappa shape index (κ2) is 42.0. The van der Waals surface area contributed by atoms with Crippen LogP contribution in [-0.4, -0.2) is 63.3 Å². The van der Waals surface area contributed by atoms with Crippen LogP contribution in [0.5, 0.6) is 0 Å². The van der Waals surface area contributed by atoms with Crippen LogP contribution in [0, 0.1) is 30.6 Å². The van der Waals surface area contributed by atoms with Crippen LogP contribution in [0.15, 0.2) is 195 Å². The number of ether oxygens (including phenoxy) is 1. The summed E-state index contributed by atoms with van der Waals surface area (Å²) in [5, 5.41) is 46.4. The first-order chi connectivity index (χ1) is 31.7. The molecule has 21 nitrogen and oxygen atoms in total. The van der Waals surface area contributed by atoms with E-state index in [1.807, 2.05) is 159 Å². The Morgan fingerprint density at radius 1 is 0.338 bits per heavy atom. The zero-order chi connectivity index (χ0) is 47.0. The van der Waals surface area contributed by atoms with E-state index >= 15 is 0 Å². The van der Waals surface area contributed by atoms with Crippen LogP contribution in [0.2, 0.25) is 0 Å². The molecule has 0 amide bonds. The van der Waals surface area contributed by atoms with Crippen LogP contribution < -0.4 is 0 Å². The molecule has 348 valence electrons. The van der Waals surface area contributed by atoms with Gasteiger partial charge in [0.25, 0.3) is 0 Å². The van der Waals surface area contributed by atoms with Crippen molar-refractivity contribution in [3.63, 3.8) is 0 Å². The van der Waals surface area contributed by atoms with Gasteiger partial charge in [0.1, 0.15) is 0 Å². The van der Waals surface area contributed by atoms with Crippen LogP contribution in [-0.2, 0) is 56.8 Å². The number of hydrogen-bond donors (Lipinski definition) is 0. The predicted octanol–water partition coefficient (Wildman–Crippen LogP) is 11.8. The summed E-state index contributed by atoms with van der Waals surface area (Å²) in [7, 11) is 0. The molecule has 0 unspecified atom stereocenters. The van der Waals surface area contributed by atoms with E-state index < -0.39 is 10.2 Å². The van der Waals surface area contributed by atoms with Crippen LogP contribution in [0.3, 0.4) is 0 Å². The third-order valence-corrected chi connectivity index (χ3v) is 6.52. The van der Waals surface area contributed by atoms with Crippen molar-refractivity contribution >= 4 is 46.5 Å². The molecule has 0 aliphatic carbocycles. The summed E-state index contributed by atoms with van der Waals surface area (Å²) in [6.07, 6.45) is 13.7. The quantitative estimate of drug-likeness (QED) is 0.0908. The van der Waals surface area contributed by atoms with Crippen LogP contribution in [0.25, 0.3) is 21.3 Å². The van der Waals surface area contributed by atoms with Gasteiger partial charge in [-0.1, -0.05) is 97.1 Å². The summed E-state index contributed by atoms with van der Waals surface area (Å²) in [6, 6.07) is 44.8. The molecule has 8 heterocycles. The molecule has 0 bridgehead atoms.